The molecule has 0 bridgehead atoms. The van der Waals surface area contributed by atoms with Crippen LogP contribution in [-0.2, 0) is 17.8 Å². The Labute approximate surface area is 101 Å². The Hall–Kier alpha value is -1.39. The molecule has 94 valence electrons. The number of rotatable bonds is 2. The minimum absolute atomic E-state index is 0.139. The molecular weight excluding hydrogens is 218 g/mol. The van der Waals surface area contributed by atoms with Gasteiger partial charge in [-0.25, -0.2) is 0 Å². The Morgan fingerprint density at radius 1 is 1.47 bits per heavy atom. The van der Waals surface area contributed by atoms with Gasteiger partial charge in [0.1, 0.15) is 17.6 Å². The van der Waals surface area contributed by atoms with Crippen molar-refractivity contribution in [1.29, 1.82) is 0 Å². The van der Waals surface area contributed by atoms with Crippen molar-refractivity contribution in [3.05, 3.63) is 11.6 Å². The van der Waals surface area contributed by atoms with Gasteiger partial charge in [-0.2, -0.15) is 0 Å². The Kier molecular flexibility index (Phi) is 2.93. The van der Waals surface area contributed by atoms with Crippen molar-refractivity contribution in [2.24, 2.45) is 5.41 Å². The first kappa shape index (κ1) is 12.1. The van der Waals surface area contributed by atoms with Gasteiger partial charge >= 0.3 is 5.97 Å². The van der Waals surface area contributed by atoms with Crippen LogP contribution in [-0.4, -0.2) is 25.8 Å². The SMILES string of the molecule is CC(C)(C)Cc1nnc2n1CCCC2C(=O)O. The fraction of sp³-hybridized carbons (Fsp3) is 0.750. The number of aliphatic carboxylic acids is 1. The van der Waals surface area contributed by atoms with Gasteiger partial charge in [0.2, 0.25) is 0 Å². The second-order valence-electron chi connectivity index (χ2n) is 5.90. The molecule has 1 aliphatic rings. The van der Waals surface area contributed by atoms with Gasteiger partial charge in [0.15, 0.2) is 0 Å². The molecule has 5 heteroatoms. The quantitative estimate of drug-likeness (QED) is 0.852. The predicted molar refractivity (Wildman–Crippen MR) is 62.8 cm³/mol. The molecule has 2 rings (SSSR count). The van der Waals surface area contributed by atoms with Crippen LogP contribution in [0.3, 0.4) is 0 Å². The van der Waals surface area contributed by atoms with Gasteiger partial charge in [0, 0.05) is 13.0 Å². The molecule has 0 aromatic carbocycles. The minimum atomic E-state index is -0.791. The highest BCUT2D eigenvalue weighted by molar-refractivity contribution is 5.75. The van der Waals surface area contributed by atoms with Gasteiger partial charge in [-0.05, 0) is 18.3 Å². The van der Waals surface area contributed by atoms with Crippen molar-refractivity contribution in [1.82, 2.24) is 14.8 Å². The molecule has 0 saturated heterocycles. The van der Waals surface area contributed by atoms with Crippen molar-refractivity contribution in [3.8, 4) is 0 Å². The van der Waals surface area contributed by atoms with E-state index >= 15 is 0 Å². The summed E-state index contributed by atoms with van der Waals surface area (Å²) in [5.74, 6) is 0.270. The van der Waals surface area contributed by atoms with Gasteiger partial charge in [0.25, 0.3) is 0 Å². The maximum atomic E-state index is 11.1. The van der Waals surface area contributed by atoms with Crippen LogP contribution in [0.2, 0.25) is 0 Å². The smallest absolute Gasteiger partial charge is 0.314 e. The summed E-state index contributed by atoms with van der Waals surface area (Å²) in [6, 6.07) is 0. The first-order valence-corrected chi connectivity index (χ1v) is 6.03. The zero-order valence-electron chi connectivity index (χ0n) is 10.6. The van der Waals surface area contributed by atoms with Crippen molar-refractivity contribution < 1.29 is 9.90 Å². The van der Waals surface area contributed by atoms with Gasteiger partial charge < -0.3 is 9.67 Å². The predicted octanol–water partition coefficient (Wildman–Crippen LogP) is 1.83. The van der Waals surface area contributed by atoms with Crippen LogP contribution in [0.5, 0.6) is 0 Å². The molecule has 0 saturated carbocycles. The standard InChI is InChI=1S/C12H19N3O2/c1-12(2,3)7-9-13-14-10-8(11(16)17)5-4-6-15(9)10/h8H,4-7H2,1-3H3,(H,16,17). The van der Waals surface area contributed by atoms with Crippen molar-refractivity contribution >= 4 is 5.97 Å². The molecule has 0 radical (unpaired) electrons. The van der Waals surface area contributed by atoms with Crippen molar-refractivity contribution in [3.63, 3.8) is 0 Å². The number of aromatic nitrogens is 3. The number of hydrogen-bond donors (Lipinski definition) is 1. The number of hydrogen-bond acceptors (Lipinski definition) is 3. The molecule has 2 heterocycles. The lowest BCUT2D eigenvalue weighted by Crippen LogP contribution is -2.24. The Morgan fingerprint density at radius 3 is 2.76 bits per heavy atom. The lowest BCUT2D eigenvalue weighted by molar-refractivity contribution is -0.139. The summed E-state index contributed by atoms with van der Waals surface area (Å²) in [7, 11) is 0. The van der Waals surface area contributed by atoms with E-state index in [1.807, 2.05) is 4.57 Å². The maximum Gasteiger partial charge on any atom is 0.314 e. The molecule has 0 spiro atoms. The molecule has 1 unspecified atom stereocenters. The topological polar surface area (TPSA) is 68.0 Å². The summed E-state index contributed by atoms with van der Waals surface area (Å²) in [5, 5.41) is 17.4. The number of fused-ring (bicyclic) bond motifs is 1. The highest BCUT2D eigenvalue weighted by Gasteiger charge is 2.31. The number of carboxylic acids is 1. The molecule has 1 aromatic heterocycles. The number of nitrogens with zero attached hydrogens (tertiary/aromatic N) is 3. The van der Waals surface area contributed by atoms with Crippen LogP contribution < -0.4 is 0 Å². The van der Waals surface area contributed by atoms with Crippen molar-refractivity contribution in [2.45, 2.75) is 52.5 Å². The van der Waals surface area contributed by atoms with E-state index < -0.39 is 11.9 Å². The summed E-state index contributed by atoms with van der Waals surface area (Å²) in [6.45, 7) is 7.28. The van der Waals surface area contributed by atoms with E-state index in [9.17, 15) is 4.79 Å². The number of carbonyl (C=O) groups is 1. The molecular formula is C12H19N3O2. The van der Waals surface area contributed by atoms with Gasteiger partial charge in [0.05, 0.1) is 0 Å². The first-order valence-electron chi connectivity index (χ1n) is 6.03. The van der Waals surface area contributed by atoms with Crippen LogP contribution in [0.25, 0.3) is 0 Å². The zero-order valence-corrected chi connectivity index (χ0v) is 10.6. The first-order chi connectivity index (χ1) is 7.88. The average molecular weight is 237 g/mol. The molecule has 17 heavy (non-hydrogen) atoms. The molecule has 0 aliphatic carbocycles. The lowest BCUT2D eigenvalue weighted by atomic mass is 9.91. The monoisotopic (exact) mass is 237 g/mol. The third-order valence-electron chi connectivity index (χ3n) is 3.03. The summed E-state index contributed by atoms with van der Waals surface area (Å²) in [6.07, 6.45) is 2.38. The van der Waals surface area contributed by atoms with Crippen molar-refractivity contribution in [2.75, 3.05) is 0 Å². The van der Waals surface area contributed by atoms with E-state index in [4.69, 9.17) is 5.11 Å². The van der Waals surface area contributed by atoms with Gasteiger partial charge in [-0.1, -0.05) is 20.8 Å². The van der Waals surface area contributed by atoms with Crippen LogP contribution in [0.4, 0.5) is 0 Å². The Balaban J connectivity index is 2.31. The second-order valence-corrected chi connectivity index (χ2v) is 5.90. The summed E-state index contributed by atoms with van der Waals surface area (Å²) in [5.41, 5.74) is 0.139. The Morgan fingerprint density at radius 2 is 2.18 bits per heavy atom. The Bertz CT molecular complexity index is 431. The highest BCUT2D eigenvalue weighted by Crippen LogP contribution is 2.28. The fourth-order valence-corrected chi connectivity index (χ4v) is 2.27. The van der Waals surface area contributed by atoms with E-state index in [1.165, 1.54) is 0 Å². The van der Waals surface area contributed by atoms with E-state index in [1.54, 1.807) is 0 Å². The van der Waals surface area contributed by atoms with E-state index in [0.717, 1.165) is 25.2 Å². The van der Waals surface area contributed by atoms with Gasteiger partial charge in [-0.15, -0.1) is 10.2 Å². The zero-order chi connectivity index (χ0) is 12.6. The van der Waals surface area contributed by atoms with Gasteiger partial charge in [-0.3, -0.25) is 4.79 Å². The van der Waals surface area contributed by atoms with Crippen LogP contribution in [0.1, 0.15) is 51.2 Å². The molecule has 1 N–H and O–H groups in total. The lowest BCUT2D eigenvalue weighted by Gasteiger charge is -2.23. The third-order valence-corrected chi connectivity index (χ3v) is 3.03. The van der Waals surface area contributed by atoms with E-state index in [-0.39, 0.29) is 5.41 Å². The van der Waals surface area contributed by atoms with Crippen LogP contribution in [0, 0.1) is 5.41 Å². The van der Waals surface area contributed by atoms with Crippen LogP contribution in [0.15, 0.2) is 0 Å². The highest BCUT2D eigenvalue weighted by atomic mass is 16.4. The second kappa shape index (κ2) is 4.13. The minimum Gasteiger partial charge on any atom is -0.481 e. The van der Waals surface area contributed by atoms with E-state index in [2.05, 4.69) is 31.0 Å². The molecule has 0 fully saturated rings. The molecule has 1 atom stereocenters. The fourth-order valence-electron chi connectivity index (χ4n) is 2.27. The average Bonchev–Trinajstić information content (AvgIpc) is 2.59. The summed E-state index contributed by atoms with van der Waals surface area (Å²) >= 11 is 0. The normalized spacial score (nSPS) is 20.1. The largest absolute Gasteiger partial charge is 0.481 e. The molecule has 0 amide bonds. The molecule has 1 aromatic rings. The number of carboxylic acid groups (broad SMARTS) is 1. The summed E-state index contributed by atoms with van der Waals surface area (Å²) < 4.78 is 1.99. The van der Waals surface area contributed by atoms with E-state index in [0.29, 0.717) is 12.2 Å². The maximum absolute atomic E-state index is 11.1. The summed E-state index contributed by atoms with van der Waals surface area (Å²) in [4.78, 5) is 11.1. The third kappa shape index (κ3) is 2.48. The molecule has 5 nitrogen and oxygen atoms in total. The molecule has 1 aliphatic heterocycles. The van der Waals surface area contributed by atoms with Crippen LogP contribution >= 0.6 is 0 Å².